The Kier molecular flexibility index (Phi) is 4.32. The Labute approximate surface area is 119 Å². The van der Waals surface area contributed by atoms with Gasteiger partial charge in [-0.05, 0) is 38.1 Å². The Morgan fingerprint density at radius 2 is 2.00 bits per heavy atom. The summed E-state index contributed by atoms with van der Waals surface area (Å²) in [5.41, 5.74) is -0.873. The molecular formula is C14H15F3N2S. The van der Waals surface area contributed by atoms with E-state index in [1.807, 2.05) is 26.0 Å². The van der Waals surface area contributed by atoms with Gasteiger partial charge in [0.1, 0.15) is 11.5 Å². The zero-order valence-corrected chi connectivity index (χ0v) is 12.0. The summed E-state index contributed by atoms with van der Waals surface area (Å²) < 4.78 is 37.7. The first-order chi connectivity index (χ1) is 9.34. The molecule has 0 bridgehead atoms. The third-order valence-corrected chi connectivity index (χ3v) is 3.76. The van der Waals surface area contributed by atoms with Crippen molar-refractivity contribution in [1.29, 1.82) is 0 Å². The van der Waals surface area contributed by atoms with E-state index in [2.05, 4.69) is 10.3 Å². The second-order valence-corrected chi connectivity index (χ2v) is 6.04. The predicted octanol–water partition coefficient (Wildman–Crippen LogP) is 4.51. The maximum atomic E-state index is 12.6. The molecule has 0 amide bonds. The third kappa shape index (κ3) is 3.96. The number of alkyl halides is 3. The minimum Gasteiger partial charge on any atom is -0.367 e. The largest absolute Gasteiger partial charge is 0.433 e. The molecule has 0 radical (unpaired) electrons. The van der Waals surface area contributed by atoms with E-state index in [4.69, 9.17) is 0 Å². The number of aromatic nitrogens is 1. The van der Waals surface area contributed by atoms with Crippen molar-refractivity contribution in [2.75, 3.05) is 5.32 Å². The summed E-state index contributed by atoms with van der Waals surface area (Å²) in [4.78, 5) is 6.03. The van der Waals surface area contributed by atoms with Crippen molar-refractivity contribution in [3.63, 3.8) is 0 Å². The smallest absolute Gasteiger partial charge is 0.367 e. The summed E-state index contributed by atoms with van der Waals surface area (Å²) in [7, 11) is 0. The quantitative estimate of drug-likeness (QED) is 0.898. The van der Waals surface area contributed by atoms with E-state index >= 15 is 0 Å². The van der Waals surface area contributed by atoms with Crippen LogP contribution >= 0.6 is 11.3 Å². The van der Waals surface area contributed by atoms with Crippen LogP contribution in [0.3, 0.4) is 0 Å². The van der Waals surface area contributed by atoms with Crippen LogP contribution in [0.25, 0.3) is 0 Å². The van der Waals surface area contributed by atoms with Crippen LogP contribution in [-0.4, -0.2) is 11.0 Å². The lowest BCUT2D eigenvalue weighted by molar-refractivity contribution is -0.141. The first-order valence-corrected chi connectivity index (χ1v) is 7.02. The Morgan fingerprint density at radius 3 is 2.60 bits per heavy atom. The van der Waals surface area contributed by atoms with E-state index in [0.29, 0.717) is 0 Å². The van der Waals surface area contributed by atoms with Crippen LogP contribution in [0, 0.1) is 6.92 Å². The molecule has 0 fully saturated rings. The molecule has 2 aromatic heterocycles. The first kappa shape index (κ1) is 14.8. The zero-order valence-electron chi connectivity index (χ0n) is 11.2. The standard InChI is InChI=1S/C14H15F3N2S/c1-9(8-11-7-6-10(2)20-11)18-13-5-3-4-12(19-13)14(15,16)17/h3-7,9H,8H2,1-2H3,(H,18,19). The summed E-state index contributed by atoms with van der Waals surface area (Å²) in [6, 6.07) is 7.97. The SMILES string of the molecule is Cc1ccc(CC(C)Nc2cccc(C(F)(F)F)n2)s1. The van der Waals surface area contributed by atoms with Crippen molar-refractivity contribution >= 4 is 17.2 Å². The molecule has 2 nitrogen and oxygen atoms in total. The third-order valence-electron chi connectivity index (χ3n) is 2.74. The highest BCUT2D eigenvalue weighted by Gasteiger charge is 2.32. The highest BCUT2D eigenvalue weighted by molar-refractivity contribution is 7.11. The molecule has 2 rings (SSSR count). The van der Waals surface area contributed by atoms with Crippen molar-refractivity contribution < 1.29 is 13.2 Å². The average Bonchev–Trinajstić information content (AvgIpc) is 2.73. The lowest BCUT2D eigenvalue weighted by Gasteiger charge is -2.15. The number of nitrogens with one attached hydrogen (secondary N) is 1. The van der Waals surface area contributed by atoms with Gasteiger partial charge < -0.3 is 5.32 Å². The number of anilines is 1. The highest BCUT2D eigenvalue weighted by Crippen LogP contribution is 2.28. The highest BCUT2D eigenvalue weighted by atomic mass is 32.1. The summed E-state index contributed by atoms with van der Waals surface area (Å²) >= 11 is 1.69. The van der Waals surface area contributed by atoms with Gasteiger partial charge in [-0.25, -0.2) is 4.98 Å². The minimum absolute atomic E-state index is 0.0176. The Balaban J connectivity index is 2.02. The molecule has 2 heterocycles. The second kappa shape index (κ2) is 5.83. The molecule has 0 aliphatic rings. The fourth-order valence-electron chi connectivity index (χ4n) is 1.87. The van der Waals surface area contributed by atoms with E-state index in [-0.39, 0.29) is 11.9 Å². The molecule has 1 N–H and O–H groups in total. The van der Waals surface area contributed by atoms with Crippen LogP contribution in [0.2, 0.25) is 0 Å². The van der Waals surface area contributed by atoms with Crippen molar-refractivity contribution in [3.05, 3.63) is 45.8 Å². The summed E-state index contributed by atoms with van der Waals surface area (Å²) in [5.74, 6) is 0.251. The van der Waals surface area contributed by atoms with E-state index in [0.717, 1.165) is 12.5 Å². The van der Waals surface area contributed by atoms with Gasteiger partial charge in [0, 0.05) is 22.2 Å². The summed E-state index contributed by atoms with van der Waals surface area (Å²) in [6.45, 7) is 3.96. The maximum Gasteiger partial charge on any atom is 0.433 e. The molecule has 108 valence electrons. The second-order valence-electron chi connectivity index (χ2n) is 4.67. The molecule has 0 aromatic carbocycles. The monoisotopic (exact) mass is 300 g/mol. The van der Waals surface area contributed by atoms with Crippen molar-refractivity contribution in [1.82, 2.24) is 4.98 Å². The number of aryl methyl sites for hydroxylation is 1. The van der Waals surface area contributed by atoms with Gasteiger partial charge in [-0.15, -0.1) is 11.3 Å². The Bertz CT molecular complexity index is 578. The first-order valence-electron chi connectivity index (χ1n) is 6.20. The Morgan fingerprint density at radius 1 is 1.25 bits per heavy atom. The molecule has 0 spiro atoms. The molecule has 2 aromatic rings. The fraction of sp³-hybridized carbons (Fsp3) is 0.357. The van der Waals surface area contributed by atoms with Crippen LogP contribution in [-0.2, 0) is 12.6 Å². The van der Waals surface area contributed by atoms with Crippen LogP contribution in [0.1, 0.15) is 22.4 Å². The van der Waals surface area contributed by atoms with Gasteiger partial charge in [-0.1, -0.05) is 6.07 Å². The molecule has 0 saturated carbocycles. The van der Waals surface area contributed by atoms with E-state index < -0.39 is 11.9 Å². The fourth-order valence-corrected chi connectivity index (χ4v) is 2.89. The number of pyridine rings is 1. The molecule has 20 heavy (non-hydrogen) atoms. The maximum absolute atomic E-state index is 12.6. The van der Waals surface area contributed by atoms with Crippen molar-refractivity contribution in [2.24, 2.45) is 0 Å². The van der Waals surface area contributed by atoms with Gasteiger partial charge in [-0.3, -0.25) is 0 Å². The van der Waals surface area contributed by atoms with Crippen LogP contribution in [0.4, 0.5) is 19.0 Å². The van der Waals surface area contributed by atoms with Crippen LogP contribution < -0.4 is 5.32 Å². The number of hydrogen-bond acceptors (Lipinski definition) is 3. The van der Waals surface area contributed by atoms with Gasteiger partial charge >= 0.3 is 6.18 Å². The van der Waals surface area contributed by atoms with Crippen molar-refractivity contribution in [2.45, 2.75) is 32.5 Å². The lowest BCUT2D eigenvalue weighted by Crippen LogP contribution is -2.19. The number of halogens is 3. The van der Waals surface area contributed by atoms with E-state index in [1.54, 1.807) is 17.4 Å². The molecule has 6 heteroatoms. The number of thiophene rings is 1. The molecule has 0 saturated heterocycles. The Hall–Kier alpha value is -1.56. The molecule has 1 atom stereocenters. The van der Waals surface area contributed by atoms with Gasteiger partial charge in [0.15, 0.2) is 0 Å². The van der Waals surface area contributed by atoms with Gasteiger partial charge in [-0.2, -0.15) is 13.2 Å². The lowest BCUT2D eigenvalue weighted by atomic mass is 10.2. The summed E-state index contributed by atoms with van der Waals surface area (Å²) in [6.07, 6.45) is -3.65. The molecule has 1 unspecified atom stereocenters. The topological polar surface area (TPSA) is 24.9 Å². The minimum atomic E-state index is -4.41. The molecular weight excluding hydrogens is 285 g/mol. The van der Waals surface area contributed by atoms with E-state index in [1.165, 1.54) is 15.8 Å². The van der Waals surface area contributed by atoms with Crippen LogP contribution in [0.15, 0.2) is 30.3 Å². The van der Waals surface area contributed by atoms with E-state index in [9.17, 15) is 13.2 Å². The molecule has 0 aliphatic carbocycles. The van der Waals surface area contributed by atoms with Gasteiger partial charge in [0.25, 0.3) is 0 Å². The summed E-state index contributed by atoms with van der Waals surface area (Å²) in [5, 5.41) is 3.01. The predicted molar refractivity (Wildman–Crippen MR) is 75.1 cm³/mol. The van der Waals surface area contributed by atoms with Crippen molar-refractivity contribution in [3.8, 4) is 0 Å². The van der Waals surface area contributed by atoms with Gasteiger partial charge in [0.2, 0.25) is 0 Å². The number of hydrogen-bond donors (Lipinski definition) is 1. The molecule has 0 aliphatic heterocycles. The normalized spacial score (nSPS) is 13.2. The number of rotatable bonds is 4. The van der Waals surface area contributed by atoms with Gasteiger partial charge in [0.05, 0.1) is 0 Å². The zero-order chi connectivity index (χ0) is 14.8. The average molecular weight is 300 g/mol. The number of nitrogens with zero attached hydrogens (tertiary/aromatic N) is 1. The van der Waals surface area contributed by atoms with Crippen LogP contribution in [0.5, 0.6) is 0 Å².